The molecule has 2 saturated heterocycles. The zero-order chi connectivity index (χ0) is 16.0. The number of hydrogen-bond acceptors (Lipinski definition) is 6. The lowest BCUT2D eigenvalue weighted by Gasteiger charge is -2.29. The highest BCUT2D eigenvalue weighted by Gasteiger charge is 2.57. The maximum Gasteiger partial charge on any atom is 0.311 e. The van der Waals surface area contributed by atoms with Gasteiger partial charge in [-0.15, -0.1) is 0 Å². The van der Waals surface area contributed by atoms with Gasteiger partial charge in [0.2, 0.25) is 0 Å². The summed E-state index contributed by atoms with van der Waals surface area (Å²) in [6, 6.07) is 0. The first-order valence-corrected chi connectivity index (χ1v) is 7.34. The lowest BCUT2D eigenvalue weighted by atomic mass is 9.82. The maximum atomic E-state index is 11.8. The minimum Gasteiger partial charge on any atom is -0.469 e. The van der Waals surface area contributed by atoms with Gasteiger partial charge < -0.3 is 24.1 Å². The number of esters is 1. The molecular formula is C15H26O6. The Morgan fingerprint density at radius 1 is 1.29 bits per heavy atom. The molecule has 0 bridgehead atoms. The van der Waals surface area contributed by atoms with Crippen LogP contribution in [0.5, 0.6) is 0 Å². The Labute approximate surface area is 125 Å². The molecule has 2 aliphatic rings. The van der Waals surface area contributed by atoms with Crippen molar-refractivity contribution in [3.63, 3.8) is 0 Å². The first kappa shape index (κ1) is 16.7. The second-order valence-electron chi connectivity index (χ2n) is 6.89. The first-order chi connectivity index (χ1) is 9.59. The van der Waals surface area contributed by atoms with E-state index in [1.807, 2.05) is 27.7 Å². The summed E-state index contributed by atoms with van der Waals surface area (Å²) in [5, 5.41) is 10.6. The molecule has 0 aliphatic carbocycles. The Morgan fingerprint density at radius 3 is 2.38 bits per heavy atom. The molecule has 2 fully saturated rings. The van der Waals surface area contributed by atoms with E-state index in [0.29, 0.717) is 6.61 Å². The van der Waals surface area contributed by atoms with E-state index >= 15 is 0 Å². The molecule has 5 unspecified atom stereocenters. The average Bonchev–Trinajstić information content (AvgIpc) is 2.86. The molecule has 2 aliphatic heterocycles. The van der Waals surface area contributed by atoms with Crippen molar-refractivity contribution in [1.29, 1.82) is 0 Å². The van der Waals surface area contributed by atoms with E-state index in [4.69, 9.17) is 18.9 Å². The van der Waals surface area contributed by atoms with Crippen LogP contribution < -0.4 is 0 Å². The van der Waals surface area contributed by atoms with Crippen molar-refractivity contribution < 1.29 is 28.8 Å². The van der Waals surface area contributed by atoms with E-state index in [1.165, 1.54) is 7.11 Å². The molecular weight excluding hydrogens is 276 g/mol. The van der Waals surface area contributed by atoms with Crippen molar-refractivity contribution in [2.75, 3.05) is 13.7 Å². The largest absolute Gasteiger partial charge is 0.469 e. The van der Waals surface area contributed by atoms with Gasteiger partial charge in [-0.2, -0.15) is 0 Å². The summed E-state index contributed by atoms with van der Waals surface area (Å²) in [7, 11) is 1.35. The summed E-state index contributed by atoms with van der Waals surface area (Å²) in [6.07, 6.45) is -1.52. The Bertz CT molecular complexity index is 405. The third-order valence-corrected chi connectivity index (χ3v) is 4.42. The van der Waals surface area contributed by atoms with Gasteiger partial charge in [0.25, 0.3) is 0 Å². The van der Waals surface area contributed by atoms with Gasteiger partial charge in [-0.3, -0.25) is 4.79 Å². The van der Waals surface area contributed by atoms with Gasteiger partial charge in [0.1, 0.15) is 0 Å². The Kier molecular flexibility index (Phi) is 4.37. The topological polar surface area (TPSA) is 74.2 Å². The number of hydrogen-bond donors (Lipinski definition) is 1. The van der Waals surface area contributed by atoms with E-state index in [1.54, 1.807) is 6.92 Å². The number of carbonyl (C=O) groups excluding carboxylic acids is 1. The van der Waals surface area contributed by atoms with Crippen molar-refractivity contribution in [3.05, 3.63) is 0 Å². The maximum absolute atomic E-state index is 11.8. The van der Waals surface area contributed by atoms with Crippen molar-refractivity contribution in [2.45, 2.75) is 64.3 Å². The van der Waals surface area contributed by atoms with Crippen molar-refractivity contribution in [1.82, 2.24) is 0 Å². The first-order valence-electron chi connectivity index (χ1n) is 7.34. The van der Waals surface area contributed by atoms with E-state index in [0.717, 1.165) is 0 Å². The molecule has 0 saturated carbocycles. The lowest BCUT2D eigenvalue weighted by Crippen LogP contribution is -2.44. The third-order valence-electron chi connectivity index (χ3n) is 4.42. The van der Waals surface area contributed by atoms with Gasteiger partial charge in [-0.25, -0.2) is 0 Å². The molecule has 0 amide bonds. The molecule has 0 aromatic rings. The third kappa shape index (κ3) is 3.08. The summed E-state index contributed by atoms with van der Waals surface area (Å²) in [5.41, 5.74) is -0.742. The normalized spacial score (nSPS) is 39.2. The fourth-order valence-electron chi connectivity index (χ4n) is 3.22. The second kappa shape index (κ2) is 5.50. The van der Waals surface area contributed by atoms with E-state index in [9.17, 15) is 9.90 Å². The summed E-state index contributed by atoms with van der Waals surface area (Å²) in [6.45, 7) is 9.42. The number of aliphatic hydroxyl groups is 1. The van der Waals surface area contributed by atoms with Crippen LogP contribution in [0.2, 0.25) is 0 Å². The van der Waals surface area contributed by atoms with Crippen LogP contribution in [-0.2, 0) is 23.7 Å². The van der Waals surface area contributed by atoms with Crippen LogP contribution in [0.1, 0.15) is 34.6 Å². The van der Waals surface area contributed by atoms with Crippen LogP contribution in [0.4, 0.5) is 0 Å². The summed E-state index contributed by atoms with van der Waals surface area (Å²) in [5.74, 6) is -1.86. The van der Waals surface area contributed by atoms with Crippen LogP contribution in [-0.4, -0.2) is 54.5 Å². The molecule has 21 heavy (non-hydrogen) atoms. The molecule has 0 aromatic carbocycles. The summed E-state index contributed by atoms with van der Waals surface area (Å²) in [4.78, 5) is 11.8. The van der Waals surface area contributed by atoms with Gasteiger partial charge in [0, 0.05) is 5.92 Å². The predicted octanol–water partition coefficient (Wildman–Crippen LogP) is 1.10. The van der Waals surface area contributed by atoms with Gasteiger partial charge in [0.05, 0.1) is 43.5 Å². The molecule has 5 atom stereocenters. The smallest absolute Gasteiger partial charge is 0.311 e. The Balaban J connectivity index is 2.24. The van der Waals surface area contributed by atoms with Gasteiger partial charge >= 0.3 is 5.97 Å². The lowest BCUT2D eigenvalue weighted by molar-refractivity contribution is -0.159. The van der Waals surface area contributed by atoms with E-state index in [-0.39, 0.29) is 18.0 Å². The fourth-order valence-corrected chi connectivity index (χ4v) is 3.22. The van der Waals surface area contributed by atoms with Gasteiger partial charge in [-0.05, 0) is 34.6 Å². The van der Waals surface area contributed by atoms with Crippen molar-refractivity contribution in [3.8, 4) is 0 Å². The number of methoxy groups -OCH3 is 1. The molecule has 6 nitrogen and oxygen atoms in total. The van der Waals surface area contributed by atoms with Crippen LogP contribution in [0.3, 0.4) is 0 Å². The van der Waals surface area contributed by atoms with Crippen LogP contribution >= 0.6 is 0 Å². The zero-order valence-corrected chi connectivity index (χ0v) is 13.6. The number of carbonyl (C=O) groups is 1. The summed E-state index contributed by atoms with van der Waals surface area (Å²) >= 11 is 0. The minimum absolute atomic E-state index is 0.311. The summed E-state index contributed by atoms with van der Waals surface area (Å²) < 4.78 is 22.2. The van der Waals surface area contributed by atoms with Crippen LogP contribution in [0.25, 0.3) is 0 Å². The minimum atomic E-state index is -0.742. The second-order valence-corrected chi connectivity index (χ2v) is 6.89. The Hall–Kier alpha value is -0.690. The number of ether oxygens (including phenoxy) is 4. The van der Waals surface area contributed by atoms with E-state index in [2.05, 4.69) is 0 Å². The average molecular weight is 302 g/mol. The fraction of sp³-hybridized carbons (Fsp3) is 0.933. The SMILES string of the molecule is COC(=O)C(C)C1OC(C)(C)C(O)C1C1COC(C)(C)O1. The van der Waals surface area contributed by atoms with Crippen LogP contribution in [0.15, 0.2) is 0 Å². The highest BCUT2D eigenvalue weighted by Crippen LogP contribution is 2.43. The molecule has 0 radical (unpaired) electrons. The molecule has 0 spiro atoms. The van der Waals surface area contributed by atoms with E-state index < -0.39 is 29.5 Å². The van der Waals surface area contributed by atoms with Gasteiger partial charge in [-0.1, -0.05) is 0 Å². The monoisotopic (exact) mass is 302 g/mol. The molecule has 2 heterocycles. The van der Waals surface area contributed by atoms with Crippen LogP contribution in [0, 0.1) is 11.8 Å². The molecule has 6 heteroatoms. The van der Waals surface area contributed by atoms with Crippen molar-refractivity contribution >= 4 is 5.97 Å². The molecule has 1 N–H and O–H groups in total. The molecule has 0 aromatic heterocycles. The Morgan fingerprint density at radius 2 is 1.90 bits per heavy atom. The molecule has 122 valence electrons. The highest BCUT2D eigenvalue weighted by atomic mass is 16.7. The number of rotatable bonds is 3. The van der Waals surface area contributed by atoms with Crippen molar-refractivity contribution in [2.24, 2.45) is 11.8 Å². The highest BCUT2D eigenvalue weighted by molar-refractivity contribution is 5.72. The number of aliphatic hydroxyl groups excluding tert-OH is 1. The standard InChI is InChI=1S/C15H26O6/c1-8(13(17)18-6)11-10(12(16)14(2,3)21-11)9-7-19-15(4,5)20-9/h8-12,16H,7H2,1-6H3. The molecule has 2 rings (SSSR count). The zero-order valence-electron chi connectivity index (χ0n) is 13.6. The predicted molar refractivity (Wildman–Crippen MR) is 74.5 cm³/mol. The van der Waals surface area contributed by atoms with Gasteiger partial charge in [0.15, 0.2) is 5.79 Å². The quantitative estimate of drug-likeness (QED) is 0.787.